The number of hydrogen-bond donors (Lipinski definition) is 2. The number of amides is 1. The molecule has 2 N–H and O–H groups in total. The Morgan fingerprint density at radius 1 is 1.23 bits per heavy atom. The molecule has 1 saturated carbocycles. The molecule has 120 valence electrons. The summed E-state index contributed by atoms with van der Waals surface area (Å²) in [4.78, 5) is 24.2. The molecular weight excluding hydrogens is 322 g/mol. The second kappa shape index (κ2) is 7.88. The summed E-state index contributed by atoms with van der Waals surface area (Å²) in [6.07, 6.45) is 3.88. The summed E-state index contributed by atoms with van der Waals surface area (Å²) in [5.41, 5.74) is -0.534. The summed E-state index contributed by atoms with van der Waals surface area (Å²) in [6, 6.07) is 7.50. The van der Waals surface area contributed by atoms with E-state index in [1.807, 2.05) is 24.3 Å². The molecule has 0 unspecified atom stereocenters. The molecule has 2 rings (SSSR count). The Morgan fingerprint density at radius 3 is 2.45 bits per heavy atom. The molecule has 0 atom stereocenters. The lowest BCUT2D eigenvalue weighted by Crippen LogP contribution is -2.47. The van der Waals surface area contributed by atoms with Crippen LogP contribution in [-0.2, 0) is 9.59 Å². The molecule has 1 fully saturated rings. The molecule has 1 aliphatic carbocycles. The smallest absolute Gasteiger partial charge is 0.305 e. The molecule has 0 saturated heterocycles. The molecule has 1 aliphatic rings. The minimum atomic E-state index is -0.849. The number of carbonyl (C=O) groups is 2. The van der Waals surface area contributed by atoms with Gasteiger partial charge in [-0.1, -0.05) is 24.4 Å². The first-order valence-corrected chi connectivity index (χ1v) is 8.77. The number of halogens is 1. The van der Waals surface area contributed by atoms with E-state index in [-0.39, 0.29) is 12.3 Å². The van der Waals surface area contributed by atoms with E-state index in [0.29, 0.717) is 17.2 Å². The lowest BCUT2D eigenvalue weighted by Gasteiger charge is -2.28. The van der Waals surface area contributed by atoms with Crippen molar-refractivity contribution in [2.45, 2.75) is 49.0 Å². The van der Waals surface area contributed by atoms with Crippen LogP contribution < -0.4 is 5.32 Å². The first-order chi connectivity index (χ1) is 10.5. The second-order valence-corrected chi connectivity index (χ2v) is 7.26. The van der Waals surface area contributed by atoms with Crippen LogP contribution in [0, 0.1) is 0 Å². The number of nitrogens with one attached hydrogen (secondary N) is 1. The summed E-state index contributed by atoms with van der Waals surface area (Å²) >= 11 is 7.42. The van der Waals surface area contributed by atoms with Gasteiger partial charge in [0.25, 0.3) is 0 Å². The predicted molar refractivity (Wildman–Crippen MR) is 88.4 cm³/mol. The van der Waals surface area contributed by atoms with Gasteiger partial charge in [0.2, 0.25) is 5.91 Å². The molecule has 1 aromatic carbocycles. The summed E-state index contributed by atoms with van der Waals surface area (Å²) in [6.45, 7) is 0. The summed E-state index contributed by atoms with van der Waals surface area (Å²) in [5, 5.41) is 12.7. The van der Waals surface area contributed by atoms with Gasteiger partial charge in [0.05, 0.1) is 12.0 Å². The number of aliphatic carboxylic acids is 1. The average molecular weight is 342 g/mol. The quantitative estimate of drug-likeness (QED) is 0.742. The Labute approximate surface area is 139 Å². The van der Waals surface area contributed by atoms with Crippen molar-refractivity contribution >= 4 is 35.2 Å². The minimum absolute atomic E-state index is 0.0169. The molecule has 0 heterocycles. The lowest BCUT2D eigenvalue weighted by molar-refractivity contribution is -0.139. The number of carbonyl (C=O) groups excluding carboxylic acids is 1. The van der Waals surface area contributed by atoms with Crippen molar-refractivity contribution in [2.24, 2.45) is 0 Å². The third-order valence-corrected chi connectivity index (χ3v) is 5.13. The highest BCUT2D eigenvalue weighted by molar-refractivity contribution is 7.99. The van der Waals surface area contributed by atoms with Gasteiger partial charge in [-0.25, -0.2) is 0 Å². The zero-order valence-electron chi connectivity index (χ0n) is 12.3. The van der Waals surface area contributed by atoms with Gasteiger partial charge >= 0.3 is 5.97 Å². The Bertz CT molecular complexity index is 527. The third-order valence-electron chi connectivity index (χ3n) is 3.87. The zero-order valence-corrected chi connectivity index (χ0v) is 13.9. The van der Waals surface area contributed by atoms with E-state index in [1.165, 1.54) is 0 Å². The number of thioether (sulfide) groups is 1. The van der Waals surface area contributed by atoms with Crippen LogP contribution in [0.25, 0.3) is 0 Å². The van der Waals surface area contributed by atoms with Gasteiger partial charge < -0.3 is 10.4 Å². The second-order valence-electron chi connectivity index (χ2n) is 5.66. The zero-order chi connectivity index (χ0) is 16.0. The predicted octanol–water partition coefficient (Wildman–Crippen LogP) is 3.73. The number of carboxylic acid groups (broad SMARTS) is 1. The van der Waals surface area contributed by atoms with Gasteiger partial charge in [-0.05, 0) is 37.1 Å². The maximum Gasteiger partial charge on any atom is 0.305 e. The van der Waals surface area contributed by atoms with Crippen LogP contribution >= 0.6 is 23.4 Å². The molecule has 0 spiro atoms. The van der Waals surface area contributed by atoms with E-state index in [4.69, 9.17) is 16.7 Å². The number of carboxylic acids is 1. The number of rotatable bonds is 7. The van der Waals surface area contributed by atoms with Crippen LogP contribution in [0.5, 0.6) is 0 Å². The molecule has 6 heteroatoms. The fourth-order valence-electron chi connectivity index (χ4n) is 2.84. The van der Waals surface area contributed by atoms with Gasteiger partial charge in [0.15, 0.2) is 0 Å². The van der Waals surface area contributed by atoms with E-state index in [2.05, 4.69) is 5.32 Å². The average Bonchev–Trinajstić information content (AvgIpc) is 2.88. The molecule has 4 nitrogen and oxygen atoms in total. The van der Waals surface area contributed by atoms with Crippen LogP contribution in [0.4, 0.5) is 0 Å². The van der Waals surface area contributed by atoms with Crippen molar-refractivity contribution in [3.8, 4) is 0 Å². The minimum Gasteiger partial charge on any atom is -0.481 e. The fraction of sp³-hybridized carbons (Fsp3) is 0.500. The molecule has 1 aromatic rings. The normalized spacial score (nSPS) is 16.4. The van der Waals surface area contributed by atoms with E-state index in [1.54, 1.807) is 11.8 Å². The van der Waals surface area contributed by atoms with Crippen LogP contribution in [0.2, 0.25) is 5.02 Å². The Hall–Kier alpha value is -1.20. The Balaban J connectivity index is 1.79. The Morgan fingerprint density at radius 2 is 1.86 bits per heavy atom. The number of hydrogen-bond acceptors (Lipinski definition) is 3. The molecule has 0 radical (unpaired) electrons. The van der Waals surface area contributed by atoms with Crippen molar-refractivity contribution in [3.63, 3.8) is 0 Å². The maximum absolute atomic E-state index is 12.1. The highest BCUT2D eigenvalue weighted by Gasteiger charge is 2.37. The topological polar surface area (TPSA) is 66.4 Å². The highest BCUT2D eigenvalue weighted by atomic mass is 35.5. The van der Waals surface area contributed by atoms with Gasteiger partial charge in [0, 0.05) is 22.1 Å². The van der Waals surface area contributed by atoms with Crippen LogP contribution in [0.3, 0.4) is 0 Å². The van der Waals surface area contributed by atoms with Crippen LogP contribution in [0.15, 0.2) is 29.2 Å². The molecule has 22 heavy (non-hydrogen) atoms. The lowest BCUT2D eigenvalue weighted by atomic mass is 9.93. The SMILES string of the molecule is O=C(O)CC1(NC(=O)CCSc2ccc(Cl)cc2)CCCC1. The van der Waals surface area contributed by atoms with E-state index in [0.717, 1.165) is 30.6 Å². The molecule has 1 amide bonds. The van der Waals surface area contributed by atoms with E-state index in [9.17, 15) is 9.59 Å². The molecule has 0 aromatic heterocycles. The van der Waals surface area contributed by atoms with Crippen molar-refractivity contribution in [1.82, 2.24) is 5.32 Å². The molecule has 0 bridgehead atoms. The molecular formula is C16H20ClNO3S. The van der Waals surface area contributed by atoms with Gasteiger partial charge in [-0.15, -0.1) is 11.8 Å². The van der Waals surface area contributed by atoms with E-state index >= 15 is 0 Å². The monoisotopic (exact) mass is 341 g/mol. The van der Waals surface area contributed by atoms with Gasteiger partial charge in [-0.2, -0.15) is 0 Å². The van der Waals surface area contributed by atoms with Crippen molar-refractivity contribution < 1.29 is 14.7 Å². The van der Waals surface area contributed by atoms with Crippen molar-refractivity contribution in [3.05, 3.63) is 29.3 Å². The first-order valence-electron chi connectivity index (χ1n) is 7.40. The Kier molecular flexibility index (Phi) is 6.15. The van der Waals surface area contributed by atoms with Crippen molar-refractivity contribution in [2.75, 3.05) is 5.75 Å². The summed E-state index contributed by atoms with van der Waals surface area (Å²) in [5.74, 6) is -0.251. The summed E-state index contributed by atoms with van der Waals surface area (Å²) in [7, 11) is 0. The van der Waals surface area contributed by atoms with E-state index < -0.39 is 11.5 Å². The largest absolute Gasteiger partial charge is 0.481 e. The summed E-state index contributed by atoms with van der Waals surface area (Å²) < 4.78 is 0. The van der Waals surface area contributed by atoms with Gasteiger partial charge in [0.1, 0.15) is 0 Å². The fourth-order valence-corrected chi connectivity index (χ4v) is 3.82. The van der Waals surface area contributed by atoms with Crippen LogP contribution in [0.1, 0.15) is 38.5 Å². The third kappa shape index (κ3) is 5.21. The first kappa shape index (κ1) is 17.2. The highest BCUT2D eigenvalue weighted by Crippen LogP contribution is 2.32. The number of benzene rings is 1. The maximum atomic E-state index is 12.1. The standard InChI is InChI=1S/C16H20ClNO3S/c17-12-3-5-13(6-4-12)22-10-7-14(19)18-16(11-15(20)21)8-1-2-9-16/h3-6H,1-2,7-11H2,(H,18,19)(H,20,21). The molecule has 0 aliphatic heterocycles. The van der Waals surface area contributed by atoms with Crippen LogP contribution in [-0.4, -0.2) is 28.3 Å². The van der Waals surface area contributed by atoms with Crippen molar-refractivity contribution in [1.29, 1.82) is 0 Å². The van der Waals surface area contributed by atoms with Gasteiger partial charge in [-0.3, -0.25) is 9.59 Å².